The molecule has 0 bridgehead atoms. The lowest BCUT2D eigenvalue weighted by molar-refractivity contribution is -0.139. The number of primary amides is 1. The Morgan fingerprint density at radius 3 is 2.48 bits per heavy atom. The fourth-order valence-corrected chi connectivity index (χ4v) is 4.05. The quantitative estimate of drug-likeness (QED) is 0.879. The molecule has 1 saturated heterocycles. The molecule has 0 radical (unpaired) electrons. The van der Waals surface area contributed by atoms with Gasteiger partial charge < -0.3 is 10.6 Å². The van der Waals surface area contributed by atoms with E-state index in [9.17, 15) is 9.59 Å². The van der Waals surface area contributed by atoms with Gasteiger partial charge in [0.1, 0.15) is 0 Å². The number of amides is 2. The second-order valence-electron chi connectivity index (χ2n) is 7.62. The molecule has 1 aliphatic rings. The van der Waals surface area contributed by atoms with Crippen molar-refractivity contribution >= 4 is 11.8 Å². The van der Waals surface area contributed by atoms with E-state index in [0.29, 0.717) is 25.9 Å². The van der Waals surface area contributed by atoms with Crippen LogP contribution in [0.4, 0.5) is 0 Å². The number of rotatable bonds is 5. The summed E-state index contributed by atoms with van der Waals surface area (Å²) in [6, 6.07) is 16.6. The molecule has 2 amide bonds. The van der Waals surface area contributed by atoms with Gasteiger partial charge in [-0.05, 0) is 42.9 Å². The lowest BCUT2D eigenvalue weighted by Gasteiger charge is -2.41. The highest BCUT2D eigenvalue weighted by atomic mass is 16.2. The van der Waals surface area contributed by atoms with Crippen molar-refractivity contribution in [1.29, 1.82) is 0 Å². The first-order chi connectivity index (χ1) is 12.9. The molecule has 1 atom stereocenters. The average molecular weight is 364 g/mol. The first-order valence-electron chi connectivity index (χ1n) is 9.68. The van der Waals surface area contributed by atoms with Gasteiger partial charge in [0.05, 0.1) is 5.41 Å². The van der Waals surface area contributed by atoms with Crippen molar-refractivity contribution < 1.29 is 9.59 Å². The Morgan fingerprint density at radius 1 is 1.11 bits per heavy atom. The fraction of sp³-hybridized carbons (Fsp3) is 0.391. The third kappa shape index (κ3) is 4.05. The summed E-state index contributed by atoms with van der Waals surface area (Å²) >= 11 is 0. The normalized spacial score (nSPS) is 19.7. The second kappa shape index (κ2) is 7.95. The van der Waals surface area contributed by atoms with Crippen molar-refractivity contribution in [2.45, 2.75) is 39.5 Å². The van der Waals surface area contributed by atoms with E-state index < -0.39 is 5.41 Å². The molecule has 142 valence electrons. The number of aryl methyl sites for hydroxylation is 1. The van der Waals surface area contributed by atoms with Crippen LogP contribution in [-0.4, -0.2) is 29.8 Å². The summed E-state index contributed by atoms with van der Waals surface area (Å²) in [5.41, 5.74) is 9.75. The van der Waals surface area contributed by atoms with Crippen LogP contribution in [0.3, 0.4) is 0 Å². The van der Waals surface area contributed by atoms with E-state index in [1.54, 1.807) is 0 Å². The monoisotopic (exact) mass is 364 g/mol. The lowest BCUT2D eigenvalue weighted by Crippen LogP contribution is -2.53. The van der Waals surface area contributed by atoms with E-state index in [4.69, 9.17) is 5.73 Å². The predicted octanol–water partition coefficient (Wildman–Crippen LogP) is 3.71. The molecule has 0 spiro atoms. The van der Waals surface area contributed by atoms with E-state index in [1.807, 2.05) is 24.0 Å². The molecule has 1 unspecified atom stereocenters. The fourth-order valence-electron chi connectivity index (χ4n) is 4.05. The number of benzene rings is 2. The van der Waals surface area contributed by atoms with Gasteiger partial charge in [-0.2, -0.15) is 0 Å². The van der Waals surface area contributed by atoms with Crippen LogP contribution in [0.5, 0.6) is 0 Å². The highest BCUT2D eigenvalue weighted by Crippen LogP contribution is 2.37. The molecular weight excluding hydrogens is 336 g/mol. The van der Waals surface area contributed by atoms with Crippen molar-refractivity contribution in [3.05, 3.63) is 59.7 Å². The van der Waals surface area contributed by atoms with Gasteiger partial charge in [0.25, 0.3) is 0 Å². The predicted molar refractivity (Wildman–Crippen MR) is 108 cm³/mol. The van der Waals surface area contributed by atoms with Gasteiger partial charge in [-0.3, -0.25) is 9.59 Å². The maximum atomic E-state index is 12.5. The topological polar surface area (TPSA) is 63.4 Å². The molecule has 0 saturated carbocycles. The van der Waals surface area contributed by atoms with Crippen molar-refractivity contribution in [2.24, 2.45) is 11.1 Å². The summed E-state index contributed by atoms with van der Waals surface area (Å²) in [4.78, 5) is 26.5. The molecule has 2 aromatic rings. The molecule has 4 heteroatoms. The summed E-state index contributed by atoms with van der Waals surface area (Å²) in [5, 5.41) is 0. The molecule has 1 fully saturated rings. The van der Waals surface area contributed by atoms with Gasteiger partial charge in [0.2, 0.25) is 11.8 Å². The van der Waals surface area contributed by atoms with Crippen LogP contribution < -0.4 is 5.73 Å². The number of nitrogens with zero attached hydrogens (tertiary/aromatic N) is 1. The minimum atomic E-state index is -0.704. The van der Waals surface area contributed by atoms with Gasteiger partial charge in [0.15, 0.2) is 0 Å². The summed E-state index contributed by atoms with van der Waals surface area (Å²) < 4.78 is 0. The van der Waals surface area contributed by atoms with E-state index in [0.717, 1.165) is 29.5 Å². The molecule has 0 aromatic heterocycles. The SMILES string of the molecule is CCC(=O)N1CCCC(Cc2ccccc2-c2ccc(C)cc2)(C(N)=O)C1. The van der Waals surface area contributed by atoms with E-state index in [1.165, 1.54) is 5.56 Å². The molecule has 0 aliphatic carbocycles. The number of nitrogens with two attached hydrogens (primary N) is 1. The first-order valence-corrected chi connectivity index (χ1v) is 9.68. The molecular formula is C23H28N2O2. The second-order valence-corrected chi connectivity index (χ2v) is 7.62. The molecule has 1 heterocycles. The number of hydrogen-bond donors (Lipinski definition) is 1. The molecule has 27 heavy (non-hydrogen) atoms. The van der Waals surface area contributed by atoms with Crippen molar-refractivity contribution in [3.63, 3.8) is 0 Å². The Balaban J connectivity index is 1.95. The van der Waals surface area contributed by atoms with Gasteiger partial charge in [-0.1, -0.05) is 61.0 Å². The van der Waals surface area contributed by atoms with Gasteiger partial charge >= 0.3 is 0 Å². The summed E-state index contributed by atoms with van der Waals surface area (Å²) in [6.07, 6.45) is 2.54. The molecule has 3 rings (SSSR count). The maximum Gasteiger partial charge on any atom is 0.225 e. The van der Waals surface area contributed by atoms with Crippen LogP contribution in [0.25, 0.3) is 11.1 Å². The number of piperidine rings is 1. The van der Waals surface area contributed by atoms with Gasteiger partial charge in [-0.15, -0.1) is 0 Å². The molecule has 1 aliphatic heterocycles. The largest absolute Gasteiger partial charge is 0.369 e. The summed E-state index contributed by atoms with van der Waals surface area (Å²) in [6.45, 7) is 5.05. The van der Waals surface area contributed by atoms with Crippen LogP contribution in [0.1, 0.15) is 37.3 Å². The summed E-state index contributed by atoms with van der Waals surface area (Å²) in [5.74, 6) is -0.220. The zero-order valence-corrected chi connectivity index (χ0v) is 16.2. The number of likely N-dealkylation sites (tertiary alicyclic amines) is 1. The number of hydrogen-bond acceptors (Lipinski definition) is 2. The van der Waals surface area contributed by atoms with E-state index in [2.05, 4.69) is 43.3 Å². The minimum Gasteiger partial charge on any atom is -0.369 e. The Hall–Kier alpha value is -2.62. The third-order valence-electron chi connectivity index (χ3n) is 5.66. The smallest absolute Gasteiger partial charge is 0.225 e. The lowest BCUT2D eigenvalue weighted by atomic mass is 9.73. The number of carbonyl (C=O) groups is 2. The molecule has 2 N–H and O–H groups in total. The van der Waals surface area contributed by atoms with Crippen molar-refractivity contribution in [1.82, 2.24) is 4.90 Å². The highest BCUT2D eigenvalue weighted by molar-refractivity contribution is 5.84. The molecule has 2 aromatic carbocycles. The zero-order chi connectivity index (χ0) is 19.4. The Labute approximate surface area is 161 Å². The Bertz CT molecular complexity index is 829. The van der Waals surface area contributed by atoms with Crippen molar-refractivity contribution in [3.8, 4) is 11.1 Å². The van der Waals surface area contributed by atoms with E-state index in [-0.39, 0.29) is 11.8 Å². The van der Waals surface area contributed by atoms with Crippen molar-refractivity contribution in [2.75, 3.05) is 13.1 Å². The van der Waals surface area contributed by atoms with Crippen LogP contribution in [0, 0.1) is 12.3 Å². The van der Waals surface area contributed by atoms with Crippen LogP contribution in [0.15, 0.2) is 48.5 Å². The number of carbonyl (C=O) groups excluding carboxylic acids is 2. The molecule has 4 nitrogen and oxygen atoms in total. The van der Waals surface area contributed by atoms with E-state index >= 15 is 0 Å². The van der Waals surface area contributed by atoms with Crippen LogP contribution in [-0.2, 0) is 16.0 Å². The minimum absolute atomic E-state index is 0.0899. The highest BCUT2D eigenvalue weighted by Gasteiger charge is 2.42. The van der Waals surface area contributed by atoms with Crippen LogP contribution in [0.2, 0.25) is 0 Å². The first kappa shape index (κ1) is 19.2. The van der Waals surface area contributed by atoms with Gasteiger partial charge in [-0.25, -0.2) is 0 Å². The summed E-state index contributed by atoms with van der Waals surface area (Å²) in [7, 11) is 0. The standard InChI is InChI=1S/C23H28N2O2/c1-3-21(26)25-14-6-13-23(16-25,22(24)27)15-19-7-4-5-8-20(19)18-11-9-17(2)10-12-18/h4-5,7-12H,3,6,13-16H2,1-2H3,(H2,24,27). The third-order valence-corrected chi connectivity index (χ3v) is 5.66. The Morgan fingerprint density at radius 2 is 1.81 bits per heavy atom. The Kier molecular flexibility index (Phi) is 5.64. The van der Waals surface area contributed by atoms with Crippen LogP contribution >= 0.6 is 0 Å². The average Bonchev–Trinajstić information content (AvgIpc) is 2.68. The van der Waals surface area contributed by atoms with Gasteiger partial charge in [0, 0.05) is 19.5 Å². The maximum absolute atomic E-state index is 12.5. The zero-order valence-electron chi connectivity index (χ0n) is 16.2.